The van der Waals surface area contributed by atoms with Gasteiger partial charge >= 0.3 is 5.97 Å². The molecule has 0 fully saturated rings. The fraction of sp³-hybridized carbons (Fsp3) is 0.533. The molecule has 0 saturated carbocycles. The number of carboxylic acids is 1. The minimum Gasteiger partial charge on any atom is -0.487 e. The van der Waals surface area contributed by atoms with Crippen LogP contribution in [0, 0.1) is 0 Å². The van der Waals surface area contributed by atoms with Gasteiger partial charge in [0, 0.05) is 0 Å². The first kappa shape index (κ1) is 14.6. The molecule has 0 heterocycles. The Hall–Kier alpha value is -1.51. The molecule has 3 nitrogen and oxygen atoms in total. The lowest BCUT2D eigenvalue weighted by Crippen LogP contribution is -2.24. The third-order valence-corrected chi connectivity index (χ3v) is 2.49. The minimum absolute atomic E-state index is 0.0347. The number of carboxylic acid groups (broad SMARTS) is 1. The Morgan fingerprint density at radius 2 is 1.67 bits per heavy atom. The van der Waals surface area contributed by atoms with Crippen molar-refractivity contribution < 1.29 is 14.6 Å². The van der Waals surface area contributed by atoms with Gasteiger partial charge in [-0.2, -0.15) is 0 Å². The van der Waals surface area contributed by atoms with E-state index in [1.165, 1.54) is 0 Å². The van der Waals surface area contributed by atoms with Gasteiger partial charge in [0.25, 0.3) is 0 Å². The quantitative estimate of drug-likeness (QED) is 0.867. The Kier molecular flexibility index (Phi) is 3.75. The van der Waals surface area contributed by atoms with Crippen molar-refractivity contribution in [3.8, 4) is 5.75 Å². The van der Waals surface area contributed by atoms with Crippen LogP contribution in [-0.2, 0) is 5.41 Å². The monoisotopic (exact) mass is 250 g/mol. The first-order valence-corrected chi connectivity index (χ1v) is 6.07. The molecule has 0 saturated heterocycles. The van der Waals surface area contributed by atoms with Crippen molar-refractivity contribution >= 4 is 5.97 Å². The summed E-state index contributed by atoms with van der Waals surface area (Å²) < 4.78 is 5.75. The van der Waals surface area contributed by atoms with Crippen LogP contribution in [0.4, 0.5) is 0 Å². The summed E-state index contributed by atoms with van der Waals surface area (Å²) in [4.78, 5) is 11.2. The van der Waals surface area contributed by atoms with E-state index in [2.05, 4.69) is 20.8 Å². The zero-order chi connectivity index (χ0) is 14.1. The lowest BCUT2D eigenvalue weighted by atomic mass is 9.86. The fourth-order valence-electron chi connectivity index (χ4n) is 1.58. The van der Waals surface area contributed by atoms with Crippen LogP contribution in [0.1, 0.15) is 57.5 Å². The fourth-order valence-corrected chi connectivity index (χ4v) is 1.58. The second kappa shape index (κ2) is 4.63. The summed E-state index contributed by atoms with van der Waals surface area (Å²) >= 11 is 0. The average molecular weight is 250 g/mol. The summed E-state index contributed by atoms with van der Waals surface area (Å²) in [5.74, 6) is -0.530. The first-order valence-electron chi connectivity index (χ1n) is 6.07. The summed E-state index contributed by atoms with van der Waals surface area (Å²) in [5, 5.41) is 9.18. The number of carbonyl (C=O) groups is 1. The van der Waals surface area contributed by atoms with E-state index in [-0.39, 0.29) is 11.0 Å². The number of hydrogen-bond donors (Lipinski definition) is 1. The van der Waals surface area contributed by atoms with E-state index in [0.29, 0.717) is 5.75 Å². The number of ether oxygens (including phenoxy) is 1. The number of benzene rings is 1. The third-order valence-electron chi connectivity index (χ3n) is 2.49. The Labute approximate surface area is 109 Å². The van der Waals surface area contributed by atoms with E-state index in [1.54, 1.807) is 6.07 Å². The number of aromatic carboxylic acids is 1. The van der Waals surface area contributed by atoms with Crippen LogP contribution < -0.4 is 4.74 Å². The van der Waals surface area contributed by atoms with Crippen molar-refractivity contribution in [2.75, 3.05) is 0 Å². The molecule has 3 heteroatoms. The van der Waals surface area contributed by atoms with E-state index >= 15 is 0 Å². The molecule has 0 aliphatic carbocycles. The first-order chi connectivity index (χ1) is 8.00. The van der Waals surface area contributed by atoms with Gasteiger partial charge in [-0.1, -0.05) is 26.8 Å². The Morgan fingerprint density at radius 3 is 2.06 bits per heavy atom. The highest BCUT2D eigenvalue weighted by Gasteiger charge is 2.21. The van der Waals surface area contributed by atoms with Crippen molar-refractivity contribution in [2.24, 2.45) is 0 Å². The molecule has 0 aliphatic rings. The summed E-state index contributed by atoms with van der Waals surface area (Å²) in [6, 6.07) is 5.29. The van der Waals surface area contributed by atoms with E-state index in [4.69, 9.17) is 4.74 Å². The SMILES string of the molecule is CC(C)(C)Oc1cc(C(C)(C)C)ccc1C(=O)O. The highest BCUT2D eigenvalue weighted by Crippen LogP contribution is 2.30. The molecule has 0 amide bonds. The largest absolute Gasteiger partial charge is 0.487 e. The van der Waals surface area contributed by atoms with Crippen LogP contribution in [0.5, 0.6) is 5.75 Å². The second-order valence-electron chi connectivity index (χ2n) is 6.48. The van der Waals surface area contributed by atoms with Crippen LogP contribution in [0.15, 0.2) is 18.2 Å². The van der Waals surface area contributed by atoms with Gasteiger partial charge < -0.3 is 9.84 Å². The molecular weight excluding hydrogens is 228 g/mol. The van der Waals surface area contributed by atoms with Crippen LogP contribution in [0.3, 0.4) is 0 Å². The van der Waals surface area contributed by atoms with Crippen molar-refractivity contribution in [3.05, 3.63) is 29.3 Å². The maximum Gasteiger partial charge on any atom is 0.339 e. The van der Waals surface area contributed by atoms with Crippen LogP contribution in [-0.4, -0.2) is 16.7 Å². The smallest absolute Gasteiger partial charge is 0.339 e. The molecule has 1 aromatic rings. The van der Waals surface area contributed by atoms with Crippen molar-refractivity contribution in [1.29, 1.82) is 0 Å². The number of hydrogen-bond acceptors (Lipinski definition) is 2. The minimum atomic E-state index is -0.963. The molecule has 0 bridgehead atoms. The van der Waals surface area contributed by atoms with Crippen molar-refractivity contribution in [1.82, 2.24) is 0 Å². The molecule has 0 aliphatic heterocycles. The van der Waals surface area contributed by atoms with Crippen molar-refractivity contribution in [2.45, 2.75) is 52.6 Å². The van der Waals surface area contributed by atoms with Crippen LogP contribution >= 0.6 is 0 Å². The molecule has 0 atom stereocenters. The zero-order valence-corrected chi connectivity index (χ0v) is 12.0. The van der Waals surface area contributed by atoms with Gasteiger partial charge in [-0.25, -0.2) is 4.79 Å². The van der Waals surface area contributed by atoms with Gasteiger partial charge in [0.2, 0.25) is 0 Å². The summed E-state index contributed by atoms with van der Waals surface area (Å²) in [7, 11) is 0. The predicted molar refractivity (Wildman–Crippen MR) is 72.5 cm³/mol. The molecule has 18 heavy (non-hydrogen) atoms. The summed E-state index contributed by atoms with van der Waals surface area (Å²) in [6.07, 6.45) is 0. The van der Waals surface area contributed by atoms with Gasteiger partial charge in [0.05, 0.1) is 0 Å². The molecule has 1 rings (SSSR count). The second-order valence-corrected chi connectivity index (χ2v) is 6.48. The van der Waals surface area contributed by atoms with E-state index in [9.17, 15) is 9.90 Å². The van der Waals surface area contributed by atoms with Crippen LogP contribution in [0.2, 0.25) is 0 Å². The zero-order valence-electron chi connectivity index (χ0n) is 12.0. The molecule has 1 N–H and O–H groups in total. The predicted octanol–water partition coefficient (Wildman–Crippen LogP) is 3.86. The van der Waals surface area contributed by atoms with Gasteiger partial charge in [-0.05, 0) is 43.9 Å². The molecule has 1 aromatic carbocycles. The maximum atomic E-state index is 11.2. The maximum absolute atomic E-state index is 11.2. The highest BCUT2D eigenvalue weighted by atomic mass is 16.5. The van der Waals surface area contributed by atoms with Gasteiger partial charge in [-0.3, -0.25) is 0 Å². The standard InChI is InChI=1S/C15H22O3/c1-14(2,3)10-7-8-11(13(16)17)12(9-10)18-15(4,5)6/h7-9H,1-6H3,(H,16,17). The summed E-state index contributed by atoms with van der Waals surface area (Å²) in [5.41, 5.74) is 0.818. The summed E-state index contributed by atoms with van der Waals surface area (Å²) in [6.45, 7) is 12.0. The van der Waals surface area contributed by atoms with Gasteiger partial charge in [0.1, 0.15) is 16.9 Å². The van der Waals surface area contributed by atoms with E-state index < -0.39 is 11.6 Å². The molecule has 0 spiro atoms. The third kappa shape index (κ3) is 3.76. The van der Waals surface area contributed by atoms with Crippen LogP contribution in [0.25, 0.3) is 0 Å². The lowest BCUT2D eigenvalue weighted by molar-refractivity contribution is 0.0681. The Balaban J connectivity index is 3.29. The highest BCUT2D eigenvalue weighted by molar-refractivity contribution is 5.91. The van der Waals surface area contributed by atoms with Gasteiger partial charge in [0.15, 0.2) is 0 Å². The molecular formula is C15H22O3. The molecule has 100 valence electrons. The van der Waals surface area contributed by atoms with E-state index in [1.807, 2.05) is 32.9 Å². The van der Waals surface area contributed by atoms with Gasteiger partial charge in [-0.15, -0.1) is 0 Å². The number of rotatable bonds is 2. The molecule has 0 aromatic heterocycles. The Morgan fingerprint density at radius 1 is 1.11 bits per heavy atom. The molecule has 0 radical (unpaired) electrons. The normalized spacial score (nSPS) is 12.3. The Bertz CT molecular complexity index is 448. The molecule has 0 unspecified atom stereocenters. The lowest BCUT2D eigenvalue weighted by Gasteiger charge is -2.25. The van der Waals surface area contributed by atoms with E-state index in [0.717, 1.165) is 5.56 Å². The average Bonchev–Trinajstić information content (AvgIpc) is 2.12. The van der Waals surface area contributed by atoms with Crippen molar-refractivity contribution in [3.63, 3.8) is 0 Å². The topological polar surface area (TPSA) is 46.5 Å².